The zero-order valence-corrected chi connectivity index (χ0v) is 6.49. The van der Waals surface area contributed by atoms with Gasteiger partial charge in [0.1, 0.15) is 0 Å². The van der Waals surface area contributed by atoms with Crippen LogP contribution in [0.4, 0.5) is 0 Å². The van der Waals surface area contributed by atoms with Gasteiger partial charge in [-0.05, 0) is 13.0 Å². The quantitative estimate of drug-likeness (QED) is 0.433. The van der Waals surface area contributed by atoms with Crippen molar-refractivity contribution in [2.24, 2.45) is 0 Å². The van der Waals surface area contributed by atoms with Crippen molar-refractivity contribution in [3.05, 3.63) is 12.2 Å². The summed E-state index contributed by atoms with van der Waals surface area (Å²) in [4.78, 5) is 20.0. The first kappa shape index (κ1) is 12.3. The summed E-state index contributed by atoms with van der Waals surface area (Å²) in [6.07, 6.45) is 1.43. The smallest absolute Gasteiger partial charge is 0.330 e. The molecule has 0 unspecified atom stereocenters. The fourth-order valence-electron chi connectivity index (χ4n) is 0.326. The van der Waals surface area contributed by atoms with E-state index in [9.17, 15) is 14.7 Å². The van der Waals surface area contributed by atoms with E-state index in [2.05, 4.69) is 4.74 Å². The first-order valence-corrected chi connectivity index (χ1v) is 2.72. The summed E-state index contributed by atoms with van der Waals surface area (Å²) in [7, 11) is 0. The maximum absolute atomic E-state index is 10.3. The van der Waals surface area contributed by atoms with E-state index in [1.165, 1.54) is 0 Å². The van der Waals surface area contributed by atoms with E-state index in [4.69, 9.17) is 0 Å². The summed E-state index contributed by atoms with van der Waals surface area (Å²) >= 11 is 0. The van der Waals surface area contributed by atoms with Crippen LogP contribution in [0.15, 0.2) is 12.2 Å². The Morgan fingerprint density at radius 3 is 2.36 bits per heavy atom. The normalized spacial score (nSPS) is 8.82. The van der Waals surface area contributed by atoms with E-state index in [1.807, 2.05) is 0 Å². The SMILES string of the molecule is CCOC(=O)/C=C\C(=O)[O-].[NH4+]. The number of carboxylic acids is 1. The Labute approximate surface area is 64.2 Å². The number of esters is 1. The molecule has 0 aromatic heterocycles. The van der Waals surface area contributed by atoms with Crippen molar-refractivity contribution in [1.29, 1.82) is 0 Å². The lowest BCUT2D eigenvalue weighted by molar-refractivity contribution is -0.297. The molecule has 0 amide bonds. The summed E-state index contributed by atoms with van der Waals surface area (Å²) < 4.78 is 4.38. The van der Waals surface area contributed by atoms with E-state index in [0.717, 1.165) is 6.08 Å². The van der Waals surface area contributed by atoms with Crippen molar-refractivity contribution >= 4 is 11.9 Å². The molecule has 64 valence electrons. The Bertz CT molecular complexity index is 164. The van der Waals surface area contributed by atoms with Crippen molar-refractivity contribution in [2.45, 2.75) is 6.92 Å². The molecule has 0 saturated carbocycles. The van der Waals surface area contributed by atoms with Gasteiger partial charge in [-0.15, -0.1) is 0 Å². The maximum Gasteiger partial charge on any atom is 0.330 e. The van der Waals surface area contributed by atoms with Gasteiger partial charge in [-0.3, -0.25) is 0 Å². The second-order valence-electron chi connectivity index (χ2n) is 1.40. The molecule has 0 bridgehead atoms. The summed E-state index contributed by atoms with van der Waals surface area (Å²) in [5.74, 6) is -2.08. The monoisotopic (exact) mass is 161 g/mol. The minimum Gasteiger partial charge on any atom is -0.545 e. The fourth-order valence-corrected chi connectivity index (χ4v) is 0.326. The van der Waals surface area contributed by atoms with Gasteiger partial charge < -0.3 is 20.8 Å². The molecule has 0 aliphatic rings. The molecule has 0 aliphatic carbocycles. The first-order valence-electron chi connectivity index (χ1n) is 2.72. The summed E-state index contributed by atoms with van der Waals surface area (Å²) in [5, 5.41) is 9.70. The van der Waals surface area contributed by atoms with Crippen molar-refractivity contribution in [3.8, 4) is 0 Å². The van der Waals surface area contributed by atoms with Crippen LogP contribution in [-0.4, -0.2) is 18.5 Å². The van der Waals surface area contributed by atoms with E-state index < -0.39 is 11.9 Å². The van der Waals surface area contributed by atoms with Crippen molar-refractivity contribution in [2.75, 3.05) is 6.61 Å². The van der Waals surface area contributed by atoms with Crippen LogP contribution >= 0.6 is 0 Å². The number of quaternary nitrogens is 1. The third kappa shape index (κ3) is 8.64. The topological polar surface area (TPSA) is 103 Å². The van der Waals surface area contributed by atoms with Crippen LogP contribution in [0, 0.1) is 0 Å². The highest BCUT2D eigenvalue weighted by Gasteiger charge is 1.90. The van der Waals surface area contributed by atoms with Gasteiger partial charge >= 0.3 is 5.97 Å². The predicted octanol–water partition coefficient (Wildman–Crippen LogP) is -0.768. The lowest BCUT2D eigenvalue weighted by Gasteiger charge is -1.94. The molecular weight excluding hydrogens is 150 g/mol. The van der Waals surface area contributed by atoms with Gasteiger partial charge in [0.2, 0.25) is 0 Å². The molecule has 0 aliphatic heterocycles. The number of rotatable bonds is 3. The Kier molecular flexibility index (Phi) is 7.57. The Morgan fingerprint density at radius 2 is 2.00 bits per heavy atom. The lowest BCUT2D eigenvalue weighted by Crippen LogP contribution is -2.19. The predicted molar refractivity (Wildman–Crippen MR) is 36.8 cm³/mol. The highest BCUT2D eigenvalue weighted by atomic mass is 16.5. The van der Waals surface area contributed by atoms with E-state index in [1.54, 1.807) is 6.92 Å². The van der Waals surface area contributed by atoms with Crippen LogP contribution < -0.4 is 11.3 Å². The zero-order valence-electron chi connectivity index (χ0n) is 6.49. The molecule has 5 heteroatoms. The van der Waals surface area contributed by atoms with Crippen LogP contribution in [0.5, 0.6) is 0 Å². The van der Waals surface area contributed by atoms with Crippen LogP contribution in [-0.2, 0) is 14.3 Å². The van der Waals surface area contributed by atoms with E-state index >= 15 is 0 Å². The number of hydrogen-bond acceptors (Lipinski definition) is 4. The lowest BCUT2D eigenvalue weighted by atomic mass is 10.5. The summed E-state index contributed by atoms with van der Waals surface area (Å²) in [6, 6.07) is 0. The molecule has 11 heavy (non-hydrogen) atoms. The molecule has 0 atom stereocenters. The Hall–Kier alpha value is -1.36. The van der Waals surface area contributed by atoms with Crippen LogP contribution in [0.1, 0.15) is 6.92 Å². The first-order chi connectivity index (χ1) is 4.66. The molecule has 0 spiro atoms. The third-order valence-electron chi connectivity index (χ3n) is 0.642. The number of ether oxygens (including phenoxy) is 1. The number of carbonyl (C=O) groups excluding carboxylic acids is 2. The second-order valence-corrected chi connectivity index (χ2v) is 1.40. The average molecular weight is 161 g/mol. The molecule has 0 radical (unpaired) electrons. The van der Waals surface area contributed by atoms with Crippen LogP contribution in [0.3, 0.4) is 0 Å². The fraction of sp³-hybridized carbons (Fsp3) is 0.333. The number of carboxylic acid groups (broad SMARTS) is 1. The van der Waals surface area contributed by atoms with Gasteiger partial charge in [0, 0.05) is 6.08 Å². The van der Waals surface area contributed by atoms with E-state index in [0.29, 0.717) is 6.08 Å². The van der Waals surface area contributed by atoms with Gasteiger partial charge in [0.15, 0.2) is 0 Å². The third-order valence-corrected chi connectivity index (χ3v) is 0.642. The molecule has 0 saturated heterocycles. The highest BCUT2D eigenvalue weighted by Crippen LogP contribution is 1.79. The zero-order chi connectivity index (χ0) is 7.98. The summed E-state index contributed by atoms with van der Waals surface area (Å²) in [5.41, 5.74) is 0. The molecule has 0 heterocycles. The molecule has 0 rings (SSSR count). The van der Waals surface area contributed by atoms with Gasteiger partial charge in [0.25, 0.3) is 0 Å². The second kappa shape index (κ2) is 6.76. The van der Waals surface area contributed by atoms with Crippen molar-refractivity contribution < 1.29 is 19.4 Å². The van der Waals surface area contributed by atoms with Gasteiger partial charge in [-0.2, -0.15) is 0 Å². The minimum atomic E-state index is -1.41. The standard InChI is InChI=1S/C6H8O4.H3N/c1-2-10-6(9)4-3-5(7)8;/h3-4H,2H2,1H3,(H,7,8);1H3/b4-3-;. The molecule has 5 nitrogen and oxygen atoms in total. The van der Waals surface area contributed by atoms with Gasteiger partial charge in [-0.25, -0.2) is 4.79 Å². The molecular formula is C6H11NO4. The molecule has 0 aromatic rings. The maximum atomic E-state index is 10.3. The number of aliphatic carboxylic acids is 1. The Balaban J connectivity index is 0. The number of carbonyl (C=O) groups is 2. The van der Waals surface area contributed by atoms with Crippen molar-refractivity contribution in [1.82, 2.24) is 6.15 Å². The molecule has 0 aromatic carbocycles. The van der Waals surface area contributed by atoms with Crippen molar-refractivity contribution in [3.63, 3.8) is 0 Å². The minimum absolute atomic E-state index is 0. The molecule has 0 fully saturated rings. The van der Waals surface area contributed by atoms with E-state index in [-0.39, 0.29) is 12.8 Å². The van der Waals surface area contributed by atoms with Crippen LogP contribution in [0.25, 0.3) is 0 Å². The Morgan fingerprint density at radius 1 is 1.45 bits per heavy atom. The largest absolute Gasteiger partial charge is 0.545 e. The average Bonchev–Trinajstić information content (AvgIpc) is 1.85. The van der Waals surface area contributed by atoms with Gasteiger partial charge in [0.05, 0.1) is 12.6 Å². The number of hydrogen-bond donors (Lipinski definition) is 1. The highest BCUT2D eigenvalue weighted by molar-refractivity contribution is 5.89. The summed E-state index contributed by atoms with van der Waals surface area (Å²) in [6.45, 7) is 1.86. The van der Waals surface area contributed by atoms with Gasteiger partial charge in [-0.1, -0.05) is 0 Å². The molecule has 4 N–H and O–H groups in total. The van der Waals surface area contributed by atoms with Crippen LogP contribution in [0.2, 0.25) is 0 Å².